The number of nitrogens with zero attached hydrogens (tertiary/aromatic N) is 4. The number of aromatic nitrogens is 6. The highest BCUT2D eigenvalue weighted by molar-refractivity contribution is 6.00. The van der Waals surface area contributed by atoms with Gasteiger partial charge in [-0.3, -0.25) is 15.1 Å². The van der Waals surface area contributed by atoms with Crippen molar-refractivity contribution in [1.82, 2.24) is 30.1 Å². The second-order valence-electron chi connectivity index (χ2n) is 8.80. The normalized spacial score (nSPS) is 11.5. The summed E-state index contributed by atoms with van der Waals surface area (Å²) in [5.41, 5.74) is 7.59. The van der Waals surface area contributed by atoms with Crippen LogP contribution in [0.15, 0.2) is 73.4 Å². The molecule has 0 fully saturated rings. The summed E-state index contributed by atoms with van der Waals surface area (Å²) in [7, 11) is 0. The predicted octanol–water partition coefficient (Wildman–Crippen LogP) is 6.19. The zero-order valence-corrected chi connectivity index (χ0v) is 19.2. The second kappa shape index (κ2) is 8.32. The molecule has 0 aliphatic carbocycles. The van der Waals surface area contributed by atoms with Crippen molar-refractivity contribution < 1.29 is 4.39 Å². The third kappa shape index (κ3) is 3.89. The van der Waals surface area contributed by atoms with Gasteiger partial charge in [0.2, 0.25) is 0 Å². The quantitative estimate of drug-likeness (QED) is 0.283. The van der Waals surface area contributed by atoms with Crippen LogP contribution < -0.4 is 5.32 Å². The van der Waals surface area contributed by atoms with Gasteiger partial charge in [0.05, 0.1) is 23.1 Å². The summed E-state index contributed by atoms with van der Waals surface area (Å²) in [5, 5.41) is 12.8. The zero-order valence-electron chi connectivity index (χ0n) is 19.2. The van der Waals surface area contributed by atoms with Gasteiger partial charge in [-0.15, -0.1) is 0 Å². The Morgan fingerprint density at radius 3 is 2.57 bits per heavy atom. The fourth-order valence-corrected chi connectivity index (χ4v) is 4.34. The summed E-state index contributed by atoms with van der Waals surface area (Å²) in [4.78, 5) is 16.7. The molecule has 0 bridgehead atoms. The molecule has 6 rings (SSSR count). The van der Waals surface area contributed by atoms with Gasteiger partial charge in [-0.25, -0.2) is 9.37 Å². The third-order valence-electron chi connectivity index (χ3n) is 5.88. The number of anilines is 1. The summed E-state index contributed by atoms with van der Waals surface area (Å²) in [6.07, 6.45) is 8.97. The standard InChI is InChI=1S/C27H22FN7/c1-15(2)32-20-7-17(10-29-12-20)18-8-22-26(34-35-27(22)31-11-18)24-9-21-23(13-30-14-25(21)33-24)16-4-3-5-19(28)6-16/h3-15,32-33H,1-2H3,(H,31,34,35). The molecular weight excluding hydrogens is 441 g/mol. The van der Waals surface area contributed by atoms with E-state index in [1.54, 1.807) is 18.5 Å². The molecule has 8 heteroatoms. The highest BCUT2D eigenvalue weighted by Crippen LogP contribution is 2.34. The molecule has 0 saturated heterocycles. The van der Waals surface area contributed by atoms with Crippen molar-refractivity contribution in [2.75, 3.05) is 5.32 Å². The maximum Gasteiger partial charge on any atom is 0.155 e. The van der Waals surface area contributed by atoms with Crippen molar-refractivity contribution in [3.63, 3.8) is 0 Å². The topological polar surface area (TPSA) is 95.2 Å². The number of fused-ring (bicyclic) bond motifs is 2. The van der Waals surface area contributed by atoms with Crippen LogP contribution in [0.25, 0.3) is 55.6 Å². The van der Waals surface area contributed by atoms with E-state index in [1.165, 1.54) is 12.1 Å². The molecule has 0 radical (unpaired) electrons. The van der Waals surface area contributed by atoms with Gasteiger partial charge in [-0.1, -0.05) is 12.1 Å². The van der Waals surface area contributed by atoms with Gasteiger partial charge in [0.1, 0.15) is 11.5 Å². The minimum absolute atomic E-state index is 0.283. The Bertz CT molecular complexity index is 1680. The van der Waals surface area contributed by atoms with Crippen molar-refractivity contribution in [3.05, 3.63) is 79.3 Å². The van der Waals surface area contributed by atoms with E-state index in [0.717, 1.165) is 55.6 Å². The maximum atomic E-state index is 13.9. The van der Waals surface area contributed by atoms with Crippen LogP contribution in [-0.2, 0) is 0 Å². The fourth-order valence-electron chi connectivity index (χ4n) is 4.34. The van der Waals surface area contributed by atoms with Gasteiger partial charge < -0.3 is 10.3 Å². The van der Waals surface area contributed by atoms with Crippen LogP contribution in [0.2, 0.25) is 0 Å². The molecule has 1 aromatic carbocycles. The molecular formula is C27H22FN7. The predicted molar refractivity (Wildman–Crippen MR) is 136 cm³/mol. The van der Waals surface area contributed by atoms with E-state index in [4.69, 9.17) is 0 Å². The number of hydrogen-bond donors (Lipinski definition) is 3. The van der Waals surface area contributed by atoms with Crippen molar-refractivity contribution in [1.29, 1.82) is 0 Å². The molecule has 5 heterocycles. The van der Waals surface area contributed by atoms with Crippen LogP contribution >= 0.6 is 0 Å². The first-order valence-corrected chi connectivity index (χ1v) is 11.3. The molecule has 0 atom stereocenters. The molecule has 5 aromatic heterocycles. The van der Waals surface area contributed by atoms with Crippen molar-refractivity contribution in [2.45, 2.75) is 19.9 Å². The highest BCUT2D eigenvalue weighted by atomic mass is 19.1. The van der Waals surface area contributed by atoms with Crippen molar-refractivity contribution in [3.8, 4) is 33.6 Å². The first-order valence-electron chi connectivity index (χ1n) is 11.3. The molecule has 0 spiro atoms. The number of rotatable bonds is 5. The summed E-state index contributed by atoms with van der Waals surface area (Å²) in [6.45, 7) is 4.18. The Hall–Kier alpha value is -4.59. The van der Waals surface area contributed by atoms with Gasteiger partial charge >= 0.3 is 0 Å². The number of aromatic amines is 2. The van der Waals surface area contributed by atoms with E-state index in [9.17, 15) is 4.39 Å². The Balaban J connectivity index is 1.45. The van der Waals surface area contributed by atoms with E-state index in [2.05, 4.69) is 61.4 Å². The summed E-state index contributed by atoms with van der Waals surface area (Å²) >= 11 is 0. The third-order valence-corrected chi connectivity index (χ3v) is 5.88. The van der Waals surface area contributed by atoms with E-state index in [1.807, 2.05) is 30.7 Å². The van der Waals surface area contributed by atoms with Gasteiger partial charge in [-0.2, -0.15) is 5.10 Å². The van der Waals surface area contributed by atoms with Gasteiger partial charge in [-0.05, 0) is 49.7 Å². The van der Waals surface area contributed by atoms with Crippen LogP contribution in [0, 0.1) is 5.82 Å². The van der Waals surface area contributed by atoms with Crippen molar-refractivity contribution in [2.24, 2.45) is 0 Å². The minimum atomic E-state index is -0.283. The molecule has 172 valence electrons. The lowest BCUT2D eigenvalue weighted by Crippen LogP contribution is -2.09. The first kappa shape index (κ1) is 21.0. The second-order valence-corrected chi connectivity index (χ2v) is 8.80. The lowest BCUT2D eigenvalue weighted by Gasteiger charge is -2.10. The van der Waals surface area contributed by atoms with Gasteiger partial charge in [0.15, 0.2) is 5.65 Å². The molecule has 3 N–H and O–H groups in total. The van der Waals surface area contributed by atoms with Crippen molar-refractivity contribution >= 4 is 27.6 Å². The van der Waals surface area contributed by atoms with E-state index >= 15 is 0 Å². The molecule has 0 amide bonds. The van der Waals surface area contributed by atoms with Crippen LogP contribution in [-0.4, -0.2) is 36.2 Å². The smallest absolute Gasteiger partial charge is 0.155 e. The van der Waals surface area contributed by atoms with Crippen LogP contribution in [0.5, 0.6) is 0 Å². The van der Waals surface area contributed by atoms with Crippen LogP contribution in [0.3, 0.4) is 0 Å². The lowest BCUT2D eigenvalue weighted by molar-refractivity contribution is 0.628. The molecule has 35 heavy (non-hydrogen) atoms. The maximum absolute atomic E-state index is 13.9. The van der Waals surface area contributed by atoms with E-state index < -0.39 is 0 Å². The molecule has 0 saturated carbocycles. The summed E-state index contributed by atoms with van der Waals surface area (Å²) < 4.78 is 13.9. The highest BCUT2D eigenvalue weighted by Gasteiger charge is 2.16. The van der Waals surface area contributed by atoms with E-state index in [0.29, 0.717) is 11.7 Å². The van der Waals surface area contributed by atoms with Gasteiger partial charge in [0, 0.05) is 58.3 Å². The number of halogens is 1. The first-order chi connectivity index (χ1) is 17.0. The number of pyridine rings is 3. The number of H-pyrrole nitrogens is 2. The Morgan fingerprint density at radius 1 is 0.857 bits per heavy atom. The summed E-state index contributed by atoms with van der Waals surface area (Å²) in [5.74, 6) is -0.283. The zero-order chi connectivity index (χ0) is 23.9. The van der Waals surface area contributed by atoms with E-state index in [-0.39, 0.29) is 5.82 Å². The fraction of sp³-hybridized carbons (Fsp3) is 0.111. The van der Waals surface area contributed by atoms with Crippen LogP contribution in [0.4, 0.5) is 10.1 Å². The average Bonchev–Trinajstić information content (AvgIpc) is 3.47. The summed E-state index contributed by atoms with van der Waals surface area (Å²) in [6, 6.07) is 13.0. The lowest BCUT2D eigenvalue weighted by atomic mass is 10.0. The monoisotopic (exact) mass is 463 g/mol. The number of hydrogen-bond acceptors (Lipinski definition) is 5. The number of benzene rings is 1. The minimum Gasteiger partial charge on any atom is -0.382 e. The Kier molecular flexibility index (Phi) is 4.99. The molecule has 6 aromatic rings. The Labute approximate surface area is 200 Å². The largest absolute Gasteiger partial charge is 0.382 e. The molecule has 0 aliphatic rings. The average molecular weight is 464 g/mol. The molecule has 7 nitrogen and oxygen atoms in total. The van der Waals surface area contributed by atoms with Gasteiger partial charge in [0.25, 0.3) is 0 Å². The Morgan fingerprint density at radius 2 is 1.71 bits per heavy atom. The number of nitrogens with one attached hydrogen (secondary N) is 3. The SMILES string of the molecule is CC(C)Nc1cncc(-c2cnc3[nH]nc(-c4cc5c(-c6cccc(F)c6)cncc5[nH]4)c3c2)c1. The molecule has 0 aliphatic heterocycles. The van der Waals surface area contributed by atoms with Crippen LogP contribution in [0.1, 0.15) is 13.8 Å². The molecule has 0 unspecified atom stereocenters.